The van der Waals surface area contributed by atoms with Gasteiger partial charge in [-0.15, -0.1) is 0 Å². The molecule has 1 aromatic carbocycles. The number of carbonyl (C=O) groups excluding carboxylic acids is 1. The van der Waals surface area contributed by atoms with Crippen molar-refractivity contribution in [3.8, 4) is 0 Å². The van der Waals surface area contributed by atoms with Crippen LogP contribution in [0.25, 0.3) is 5.78 Å². The molecule has 0 spiro atoms. The molecular weight excluding hydrogens is 340 g/mol. The number of likely N-dealkylation sites (tertiary alicyclic amines) is 1. The molecule has 1 N–H and O–H groups in total. The Balaban J connectivity index is 1.41. The van der Waals surface area contributed by atoms with Gasteiger partial charge in [0, 0.05) is 24.3 Å². The minimum atomic E-state index is -0.227. The van der Waals surface area contributed by atoms with Gasteiger partial charge in [0.15, 0.2) is 0 Å². The average Bonchev–Trinajstić information content (AvgIpc) is 3.27. The van der Waals surface area contributed by atoms with Crippen molar-refractivity contribution in [2.75, 3.05) is 18.4 Å². The molecule has 0 bridgehead atoms. The maximum atomic E-state index is 12.8. The van der Waals surface area contributed by atoms with Gasteiger partial charge in [0.2, 0.25) is 5.91 Å². The Labute approximate surface area is 158 Å². The number of nitrogens with zero attached hydrogens (tertiary/aromatic N) is 5. The monoisotopic (exact) mass is 364 g/mol. The minimum absolute atomic E-state index is 0.158. The topological polar surface area (TPSA) is 75.4 Å². The summed E-state index contributed by atoms with van der Waals surface area (Å²) in [6.07, 6.45) is 4.24. The zero-order valence-electron chi connectivity index (χ0n) is 15.7. The van der Waals surface area contributed by atoms with Crippen LogP contribution in [0.4, 0.5) is 5.82 Å². The number of amides is 1. The Kier molecular flexibility index (Phi) is 4.75. The lowest BCUT2D eigenvalue weighted by atomic mass is 10.1. The van der Waals surface area contributed by atoms with Gasteiger partial charge in [-0.2, -0.15) is 14.6 Å². The van der Waals surface area contributed by atoms with Gasteiger partial charge >= 0.3 is 0 Å². The molecule has 1 unspecified atom stereocenters. The number of hydrogen-bond donors (Lipinski definition) is 1. The van der Waals surface area contributed by atoms with Crippen molar-refractivity contribution in [2.45, 2.75) is 39.2 Å². The van der Waals surface area contributed by atoms with Crippen LogP contribution in [-0.2, 0) is 11.2 Å². The van der Waals surface area contributed by atoms with E-state index in [-0.39, 0.29) is 11.9 Å². The van der Waals surface area contributed by atoms with Gasteiger partial charge in [-0.1, -0.05) is 30.3 Å². The first kappa shape index (κ1) is 17.5. The molecule has 1 aliphatic heterocycles. The number of nitrogens with one attached hydrogen (secondary N) is 1. The van der Waals surface area contributed by atoms with Crippen molar-refractivity contribution in [1.29, 1.82) is 0 Å². The highest BCUT2D eigenvalue weighted by Crippen LogP contribution is 2.22. The molecular formula is C20H24N6O. The van der Waals surface area contributed by atoms with Gasteiger partial charge in [0.25, 0.3) is 5.78 Å². The maximum absolute atomic E-state index is 12.8. The summed E-state index contributed by atoms with van der Waals surface area (Å²) in [5.74, 6) is 1.51. The summed E-state index contributed by atoms with van der Waals surface area (Å²) >= 11 is 0. The van der Waals surface area contributed by atoms with E-state index in [4.69, 9.17) is 0 Å². The molecule has 3 heterocycles. The summed E-state index contributed by atoms with van der Waals surface area (Å²) < 4.78 is 1.67. The lowest BCUT2D eigenvalue weighted by Gasteiger charge is -2.19. The van der Waals surface area contributed by atoms with E-state index >= 15 is 0 Å². The fourth-order valence-electron chi connectivity index (χ4n) is 3.58. The molecule has 1 atom stereocenters. The Morgan fingerprint density at radius 1 is 1.22 bits per heavy atom. The number of anilines is 1. The molecule has 3 aromatic rings. The largest absolute Gasteiger partial charge is 0.358 e. The van der Waals surface area contributed by atoms with E-state index in [1.54, 1.807) is 4.52 Å². The highest BCUT2D eigenvalue weighted by Gasteiger charge is 2.32. The number of benzene rings is 1. The van der Waals surface area contributed by atoms with Crippen molar-refractivity contribution < 1.29 is 4.79 Å². The zero-order chi connectivity index (χ0) is 18.8. The van der Waals surface area contributed by atoms with Crippen LogP contribution in [0.5, 0.6) is 0 Å². The highest BCUT2D eigenvalue weighted by atomic mass is 16.2. The van der Waals surface area contributed by atoms with Crippen LogP contribution < -0.4 is 5.32 Å². The van der Waals surface area contributed by atoms with E-state index in [1.165, 1.54) is 11.9 Å². The number of fused-ring (bicyclic) bond motifs is 1. The van der Waals surface area contributed by atoms with Crippen molar-refractivity contribution >= 4 is 17.5 Å². The van der Waals surface area contributed by atoms with Crippen LogP contribution in [-0.4, -0.2) is 49.5 Å². The molecule has 7 nitrogen and oxygen atoms in total. The van der Waals surface area contributed by atoms with Gasteiger partial charge in [0.1, 0.15) is 18.2 Å². The molecule has 27 heavy (non-hydrogen) atoms. The molecule has 1 aliphatic rings. The summed E-state index contributed by atoms with van der Waals surface area (Å²) in [7, 11) is 0. The third-order valence-electron chi connectivity index (χ3n) is 5.25. The molecule has 0 saturated carbocycles. The van der Waals surface area contributed by atoms with Crippen molar-refractivity contribution in [1.82, 2.24) is 24.5 Å². The molecule has 0 radical (unpaired) electrons. The maximum Gasteiger partial charge on any atom is 0.254 e. The van der Waals surface area contributed by atoms with Crippen LogP contribution in [0, 0.1) is 13.8 Å². The summed E-state index contributed by atoms with van der Waals surface area (Å²) in [6.45, 7) is 5.51. The predicted octanol–water partition coefficient (Wildman–Crippen LogP) is 2.39. The van der Waals surface area contributed by atoms with E-state index in [2.05, 4.69) is 44.6 Å². The Bertz CT molecular complexity index is 952. The molecule has 4 rings (SSSR count). The third-order valence-corrected chi connectivity index (χ3v) is 5.25. The van der Waals surface area contributed by atoms with Gasteiger partial charge < -0.3 is 10.2 Å². The second-order valence-corrected chi connectivity index (χ2v) is 7.04. The van der Waals surface area contributed by atoms with Gasteiger partial charge in [-0.3, -0.25) is 4.79 Å². The van der Waals surface area contributed by atoms with Crippen LogP contribution in [0.1, 0.15) is 29.7 Å². The van der Waals surface area contributed by atoms with E-state index in [0.29, 0.717) is 5.78 Å². The summed E-state index contributed by atoms with van der Waals surface area (Å²) in [5.41, 5.74) is 3.20. The van der Waals surface area contributed by atoms with Gasteiger partial charge in [-0.25, -0.2) is 4.98 Å². The third kappa shape index (κ3) is 3.49. The molecule has 140 valence electrons. The van der Waals surface area contributed by atoms with Crippen molar-refractivity contribution in [3.63, 3.8) is 0 Å². The quantitative estimate of drug-likeness (QED) is 0.727. The number of carbonyl (C=O) groups is 1. The first-order valence-corrected chi connectivity index (χ1v) is 9.39. The Morgan fingerprint density at radius 2 is 2.04 bits per heavy atom. The average molecular weight is 364 g/mol. The highest BCUT2D eigenvalue weighted by molar-refractivity contribution is 5.86. The summed E-state index contributed by atoms with van der Waals surface area (Å²) in [5, 5.41) is 7.64. The van der Waals surface area contributed by atoms with Crippen LogP contribution >= 0.6 is 0 Å². The fraction of sp³-hybridized carbons (Fsp3) is 0.400. The van der Waals surface area contributed by atoms with Crippen LogP contribution in [0.15, 0.2) is 36.7 Å². The second-order valence-electron chi connectivity index (χ2n) is 7.04. The van der Waals surface area contributed by atoms with E-state index in [9.17, 15) is 4.79 Å². The van der Waals surface area contributed by atoms with Crippen LogP contribution in [0.2, 0.25) is 0 Å². The SMILES string of the molecule is Cc1nc2ncnn2c(NC2CCN(CCCc3ccccc3)C2=O)c1C. The molecule has 7 heteroatoms. The Morgan fingerprint density at radius 3 is 2.85 bits per heavy atom. The molecule has 2 aromatic heterocycles. The number of aryl methyl sites for hydroxylation is 2. The predicted molar refractivity (Wildman–Crippen MR) is 104 cm³/mol. The second kappa shape index (κ2) is 7.34. The first-order valence-electron chi connectivity index (χ1n) is 9.39. The molecule has 1 saturated heterocycles. The zero-order valence-corrected chi connectivity index (χ0v) is 15.7. The Hall–Kier alpha value is -2.96. The standard InChI is InChI=1S/C20H24N6O/c1-14-15(2)23-20-21-13-22-26(20)18(14)24-17-10-12-25(19(17)27)11-6-9-16-7-4-3-5-8-16/h3-5,7-8,13,17,24H,6,9-12H2,1-2H3. The molecule has 0 aliphatic carbocycles. The first-order chi connectivity index (χ1) is 13.1. The summed E-state index contributed by atoms with van der Waals surface area (Å²) in [4.78, 5) is 23.4. The molecule has 1 fully saturated rings. The van der Waals surface area contributed by atoms with Crippen molar-refractivity contribution in [3.05, 3.63) is 53.5 Å². The lowest BCUT2D eigenvalue weighted by Crippen LogP contribution is -2.35. The number of rotatable bonds is 6. The minimum Gasteiger partial charge on any atom is -0.358 e. The van der Waals surface area contributed by atoms with Crippen LogP contribution in [0.3, 0.4) is 0 Å². The molecule has 1 amide bonds. The van der Waals surface area contributed by atoms with Gasteiger partial charge in [0.05, 0.1) is 0 Å². The lowest BCUT2D eigenvalue weighted by molar-refractivity contribution is -0.128. The fourth-order valence-corrected chi connectivity index (χ4v) is 3.58. The normalized spacial score (nSPS) is 17.0. The number of aromatic nitrogens is 4. The number of hydrogen-bond acceptors (Lipinski definition) is 5. The smallest absolute Gasteiger partial charge is 0.254 e. The summed E-state index contributed by atoms with van der Waals surface area (Å²) in [6, 6.07) is 10.2. The van der Waals surface area contributed by atoms with E-state index < -0.39 is 0 Å². The van der Waals surface area contributed by atoms with Crippen molar-refractivity contribution in [2.24, 2.45) is 0 Å². The van der Waals surface area contributed by atoms with E-state index in [1.807, 2.05) is 24.8 Å². The van der Waals surface area contributed by atoms with E-state index in [0.717, 1.165) is 49.4 Å². The van der Waals surface area contributed by atoms with Gasteiger partial charge in [-0.05, 0) is 38.7 Å².